The van der Waals surface area contributed by atoms with E-state index in [4.69, 9.17) is 4.74 Å². The number of rotatable bonds is 3. The molecule has 1 amide bonds. The maximum Gasteiger partial charge on any atom is 0.307 e. The van der Waals surface area contributed by atoms with Crippen LogP contribution in [0.1, 0.15) is 50.5 Å². The van der Waals surface area contributed by atoms with Gasteiger partial charge in [-0.3, -0.25) is 9.59 Å². The molecule has 1 aliphatic heterocycles. The summed E-state index contributed by atoms with van der Waals surface area (Å²) in [5.74, 6) is -0.531. The van der Waals surface area contributed by atoms with Gasteiger partial charge in [0.2, 0.25) is 11.0 Å². The van der Waals surface area contributed by atoms with Gasteiger partial charge in [0.25, 0.3) is 0 Å². The van der Waals surface area contributed by atoms with Gasteiger partial charge in [-0.1, -0.05) is 17.8 Å². The van der Waals surface area contributed by atoms with Crippen molar-refractivity contribution in [2.24, 2.45) is 5.92 Å². The molecule has 6 nitrogen and oxygen atoms in total. The molecule has 7 heteroatoms. The minimum absolute atomic E-state index is 0.118. The predicted octanol–water partition coefficient (Wildman–Crippen LogP) is 2.09. The van der Waals surface area contributed by atoms with Gasteiger partial charge >= 0.3 is 5.97 Å². The van der Waals surface area contributed by atoms with E-state index in [2.05, 4.69) is 15.5 Å². The molecular weight excluding hydrogens is 278 g/mol. The number of nitrogens with zero attached hydrogens (tertiary/aromatic N) is 2. The summed E-state index contributed by atoms with van der Waals surface area (Å²) in [6.45, 7) is 3.50. The Morgan fingerprint density at radius 3 is 2.70 bits per heavy atom. The van der Waals surface area contributed by atoms with Gasteiger partial charge in [0.1, 0.15) is 10.6 Å². The fraction of sp³-hybridized carbons (Fsp3) is 0.692. The molecule has 0 spiro atoms. The highest BCUT2D eigenvalue weighted by Crippen LogP contribution is 2.39. The van der Waals surface area contributed by atoms with Gasteiger partial charge in [-0.15, -0.1) is 10.2 Å². The van der Waals surface area contributed by atoms with Crippen molar-refractivity contribution in [2.75, 3.05) is 5.32 Å². The molecule has 0 unspecified atom stereocenters. The molecule has 1 N–H and O–H groups in total. The first-order chi connectivity index (χ1) is 9.45. The van der Waals surface area contributed by atoms with Crippen molar-refractivity contribution in [3.8, 4) is 0 Å². The molecule has 3 rings (SSSR count). The van der Waals surface area contributed by atoms with E-state index in [1.54, 1.807) is 13.8 Å². The molecule has 20 heavy (non-hydrogen) atoms. The summed E-state index contributed by atoms with van der Waals surface area (Å²) in [6, 6.07) is 0. The lowest BCUT2D eigenvalue weighted by molar-refractivity contribution is -0.147. The Morgan fingerprint density at radius 1 is 1.40 bits per heavy atom. The van der Waals surface area contributed by atoms with Crippen LogP contribution in [0.25, 0.3) is 0 Å². The molecule has 1 saturated carbocycles. The summed E-state index contributed by atoms with van der Waals surface area (Å²) in [4.78, 5) is 23.6. The van der Waals surface area contributed by atoms with Gasteiger partial charge in [-0.05, 0) is 26.7 Å². The Kier molecular flexibility index (Phi) is 3.24. The Hall–Kier alpha value is -1.50. The summed E-state index contributed by atoms with van der Waals surface area (Å²) in [5.41, 5.74) is -0.761. The fourth-order valence-electron chi connectivity index (χ4n) is 2.52. The normalized spacial score (nSPS) is 25.1. The third-order valence-electron chi connectivity index (χ3n) is 4.03. The minimum Gasteiger partial charge on any atom is -0.459 e. The van der Waals surface area contributed by atoms with Crippen LogP contribution in [0, 0.1) is 5.92 Å². The lowest BCUT2D eigenvalue weighted by atomic mass is 9.86. The van der Waals surface area contributed by atoms with Crippen molar-refractivity contribution in [3.63, 3.8) is 0 Å². The molecule has 2 aliphatic rings. The molecule has 108 valence electrons. The highest BCUT2D eigenvalue weighted by Gasteiger charge is 2.46. The van der Waals surface area contributed by atoms with Crippen molar-refractivity contribution in [2.45, 2.75) is 51.0 Å². The maximum absolute atomic E-state index is 12.2. The van der Waals surface area contributed by atoms with Crippen LogP contribution in [-0.2, 0) is 14.3 Å². The Morgan fingerprint density at radius 2 is 2.15 bits per heavy atom. The van der Waals surface area contributed by atoms with Crippen LogP contribution in [0.4, 0.5) is 5.13 Å². The van der Waals surface area contributed by atoms with Crippen LogP contribution < -0.4 is 5.32 Å². The van der Waals surface area contributed by atoms with E-state index in [1.807, 2.05) is 0 Å². The molecule has 0 radical (unpaired) electrons. The van der Waals surface area contributed by atoms with E-state index in [9.17, 15) is 9.59 Å². The van der Waals surface area contributed by atoms with Crippen LogP contribution >= 0.6 is 11.3 Å². The number of cyclic esters (lactones) is 1. The average molecular weight is 295 g/mol. The Balaban J connectivity index is 1.66. The zero-order valence-electron chi connectivity index (χ0n) is 11.5. The third-order valence-corrected chi connectivity index (χ3v) is 5.03. The Labute approximate surface area is 120 Å². The van der Waals surface area contributed by atoms with E-state index >= 15 is 0 Å². The maximum atomic E-state index is 12.2. The first-order valence-electron chi connectivity index (χ1n) is 6.82. The van der Waals surface area contributed by atoms with Gasteiger partial charge in [-0.25, -0.2) is 0 Å². The van der Waals surface area contributed by atoms with Crippen molar-refractivity contribution in [3.05, 3.63) is 5.01 Å². The number of ether oxygens (including phenoxy) is 1. The molecule has 1 aliphatic carbocycles. The first kappa shape index (κ1) is 13.5. The van der Waals surface area contributed by atoms with Crippen LogP contribution in [0.3, 0.4) is 0 Å². The van der Waals surface area contributed by atoms with E-state index in [0.717, 1.165) is 17.8 Å². The summed E-state index contributed by atoms with van der Waals surface area (Å²) in [5, 5.41) is 12.4. The molecule has 1 saturated heterocycles. The molecule has 0 aromatic carbocycles. The van der Waals surface area contributed by atoms with Gasteiger partial charge in [0.15, 0.2) is 0 Å². The van der Waals surface area contributed by atoms with Crippen LogP contribution in [0.15, 0.2) is 0 Å². The summed E-state index contributed by atoms with van der Waals surface area (Å²) >= 11 is 1.42. The second-order valence-corrected chi connectivity index (χ2v) is 6.91. The largest absolute Gasteiger partial charge is 0.459 e. The van der Waals surface area contributed by atoms with E-state index in [-0.39, 0.29) is 18.3 Å². The molecule has 1 aromatic heterocycles. The monoisotopic (exact) mass is 295 g/mol. The zero-order valence-corrected chi connectivity index (χ0v) is 12.3. The number of nitrogens with one attached hydrogen (secondary N) is 1. The number of aromatic nitrogens is 2. The quantitative estimate of drug-likeness (QED) is 0.863. The Bertz CT molecular complexity index is 551. The van der Waals surface area contributed by atoms with E-state index < -0.39 is 11.5 Å². The summed E-state index contributed by atoms with van der Waals surface area (Å²) in [6.07, 6.45) is 3.66. The van der Waals surface area contributed by atoms with E-state index in [1.165, 1.54) is 17.8 Å². The molecule has 2 heterocycles. The molecule has 2 fully saturated rings. The van der Waals surface area contributed by atoms with Crippen molar-refractivity contribution >= 4 is 28.3 Å². The highest BCUT2D eigenvalue weighted by atomic mass is 32.1. The van der Waals surface area contributed by atoms with Crippen molar-refractivity contribution in [1.29, 1.82) is 0 Å². The molecule has 1 atom stereocenters. The summed E-state index contributed by atoms with van der Waals surface area (Å²) < 4.78 is 5.16. The molecule has 0 bridgehead atoms. The molecule has 1 aromatic rings. The van der Waals surface area contributed by atoms with Gasteiger partial charge in [0.05, 0.1) is 12.3 Å². The van der Waals surface area contributed by atoms with E-state index in [0.29, 0.717) is 11.0 Å². The standard InChI is InChI=1S/C13H17N3O3S/c1-13(2)8(6-9(17)19-13)10(18)14-12-16-15-11(20-12)7-4-3-5-7/h7-8H,3-6H2,1-2H3,(H,14,16,18)/t8-/m0/s1. The van der Waals surface area contributed by atoms with Gasteiger partial charge in [-0.2, -0.15) is 0 Å². The lowest BCUT2D eigenvalue weighted by Crippen LogP contribution is -2.36. The minimum atomic E-state index is -0.761. The average Bonchev–Trinajstić information content (AvgIpc) is 2.80. The zero-order chi connectivity index (χ0) is 14.3. The van der Waals surface area contributed by atoms with Crippen LogP contribution in [0.2, 0.25) is 0 Å². The predicted molar refractivity (Wildman–Crippen MR) is 73.4 cm³/mol. The number of esters is 1. The summed E-state index contributed by atoms with van der Waals surface area (Å²) in [7, 11) is 0. The smallest absolute Gasteiger partial charge is 0.307 e. The topological polar surface area (TPSA) is 81.2 Å². The highest BCUT2D eigenvalue weighted by molar-refractivity contribution is 7.15. The van der Waals surface area contributed by atoms with Crippen molar-refractivity contribution in [1.82, 2.24) is 10.2 Å². The van der Waals surface area contributed by atoms with Crippen molar-refractivity contribution < 1.29 is 14.3 Å². The lowest BCUT2D eigenvalue weighted by Gasteiger charge is -2.23. The van der Waals surface area contributed by atoms with Crippen LogP contribution in [0.5, 0.6) is 0 Å². The number of amides is 1. The second kappa shape index (κ2) is 4.80. The SMILES string of the molecule is CC1(C)OC(=O)C[C@H]1C(=O)Nc1nnc(C2CCC2)s1. The second-order valence-electron chi connectivity index (χ2n) is 5.90. The number of carbonyl (C=O) groups excluding carboxylic acids is 2. The number of carbonyl (C=O) groups is 2. The number of hydrogen-bond acceptors (Lipinski definition) is 6. The first-order valence-corrected chi connectivity index (χ1v) is 7.63. The fourth-order valence-corrected chi connectivity index (χ4v) is 3.44. The van der Waals surface area contributed by atoms with Crippen LogP contribution in [-0.4, -0.2) is 27.7 Å². The third kappa shape index (κ3) is 2.42. The number of hydrogen-bond donors (Lipinski definition) is 1. The van der Waals surface area contributed by atoms with Gasteiger partial charge in [0, 0.05) is 5.92 Å². The number of anilines is 1. The molecular formula is C13H17N3O3S. The van der Waals surface area contributed by atoms with Gasteiger partial charge < -0.3 is 10.1 Å².